The Bertz CT molecular complexity index is 481. The molecule has 1 aromatic rings. The standard InChI is InChI=1S/C15H22F2N4O/c1-12-3-4-13(9-18-12)10-19-15(22)21-6-2-5-20(7-8-21)11-14(16)17/h3-4,9,14H,2,5-8,10-11H2,1H3,(H,19,22). The third kappa shape index (κ3) is 5.22. The van der Waals surface area contributed by atoms with Crippen molar-refractivity contribution in [3.8, 4) is 0 Å². The summed E-state index contributed by atoms with van der Waals surface area (Å²) in [6, 6.07) is 3.67. The number of carbonyl (C=O) groups is 1. The second-order valence-corrected chi connectivity index (χ2v) is 5.50. The van der Waals surface area contributed by atoms with Crippen LogP contribution in [0.25, 0.3) is 0 Å². The molecule has 1 saturated heterocycles. The molecule has 2 rings (SSSR count). The lowest BCUT2D eigenvalue weighted by Gasteiger charge is -2.22. The molecule has 0 aromatic carbocycles. The number of halogens is 2. The quantitative estimate of drug-likeness (QED) is 0.923. The van der Waals surface area contributed by atoms with E-state index in [4.69, 9.17) is 0 Å². The minimum Gasteiger partial charge on any atom is -0.334 e. The van der Waals surface area contributed by atoms with Crippen LogP contribution in [0, 0.1) is 6.92 Å². The molecule has 0 aliphatic carbocycles. The molecule has 0 spiro atoms. The summed E-state index contributed by atoms with van der Waals surface area (Å²) in [7, 11) is 0. The molecule has 2 heterocycles. The molecule has 1 fully saturated rings. The summed E-state index contributed by atoms with van der Waals surface area (Å²) in [6.45, 7) is 4.28. The topological polar surface area (TPSA) is 48.5 Å². The van der Waals surface area contributed by atoms with Gasteiger partial charge in [0.2, 0.25) is 0 Å². The molecule has 1 N–H and O–H groups in total. The highest BCUT2D eigenvalue weighted by molar-refractivity contribution is 5.74. The monoisotopic (exact) mass is 312 g/mol. The smallest absolute Gasteiger partial charge is 0.317 e. The number of aromatic nitrogens is 1. The van der Waals surface area contributed by atoms with Gasteiger partial charge in [-0.2, -0.15) is 0 Å². The molecule has 122 valence electrons. The van der Waals surface area contributed by atoms with Crippen LogP contribution in [0.15, 0.2) is 18.3 Å². The number of amides is 2. The Morgan fingerprint density at radius 1 is 1.32 bits per heavy atom. The number of aryl methyl sites for hydroxylation is 1. The molecule has 1 aliphatic heterocycles. The fraction of sp³-hybridized carbons (Fsp3) is 0.600. The third-order valence-electron chi connectivity index (χ3n) is 3.69. The van der Waals surface area contributed by atoms with Crippen LogP contribution < -0.4 is 5.32 Å². The van der Waals surface area contributed by atoms with Crippen molar-refractivity contribution in [2.24, 2.45) is 0 Å². The Kier molecular flexibility index (Phi) is 6.06. The van der Waals surface area contributed by atoms with Gasteiger partial charge in [-0.1, -0.05) is 6.07 Å². The van der Waals surface area contributed by atoms with Gasteiger partial charge in [-0.15, -0.1) is 0 Å². The first-order valence-corrected chi connectivity index (χ1v) is 7.49. The van der Waals surface area contributed by atoms with E-state index in [1.165, 1.54) is 0 Å². The maximum absolute atomic E-state index is 12.4. The highest BCUT2D eigenvalue weighted by Crippen LogP contribution is 2.06. The van der Waals surface area contributed by atoms with Gasteiger partial charge in [0.25, 0.3) is 6.43 Å². The Morgan fingerprint density at radius 3 is 2.82 bits per heavy atom. The van der Waals surface area contributed by atoms with Gasteiger partial charge in [0, 0.05) is 44.6 Å². The van der Waals surface area contributed by atoms with Crippen LogP contribution in [0.4, 0.5) is 13.6 Å². The summed E-state index contributed by atoms with van der Waals surface area (Å²) < 4.78 is 24.8. The minimum absolute atomic E-state index is 0.153. The molecular weight excluding hydrogens is 290 g/mol. The first-order valence-electron chi connectivity index (χ1n) is 7.49. The van der Waals surface area contributed by atoms with E-state index >= 15 is 0 Å². The Balaban J connectivity index is 1.78. The zero-order valence-corrected chi connectivity index (χ0v) is 12.8. The number of nitrogens with zero attached hydrogens (tertiary/aromatic N) is 3. The van der Waals surface area contributed by atoms with Crippen LogP contribution >= 0.6 is 0 Å². The van der Waals surface area contributed by atoms with Crippen LogP contribution in [0.1, 0.15) is 17.7 Å². The maximum Gasteiger partial charge on any atom is 0.317 e. The fourth-order valence-electron chi connectivity index (χ4n) is 2.44. The SMILES string of the molecule is Cc1ccc(CNC(=O)N2CCCN(CC(F)F)CC2)cn1. The molecule has 0 bridgehead atoms. The first kappa shape index (κ1) is 16.6. The Labute approximate surface area is 129 Å². The van der Waals surface area contributed by atoms with Gasteiger partial charge < -0.3 is 10.2 Å². The van der Waals surface area contributed by atoms with E-state index in [-0.39, 0.29) is 12.6 Å². The number of rotatable bonds is 4. The lowest BCUT2D eigenvalue weighted by atomic mass is 10.2. The number of nitrogens with one attached hydrogen (secondary N) is 1. The first-order chi connectivity index (χ1) is 10.5. The number of hydrogen-bond acceptors (Lipinski definition) is 3. The van der Waals surface area contributed by atoms with E-state index in [0.29, 0.717) is 39.1 Å². The Hall–Kier alpha value is -1.76. The predicted molar refractivity (Wildman–Crippen MR) is 79.8 cm³/mol. The van der Waals surface area contributed by atoms with Crippen molar-refractivity contribution in [2.45, 2.75) is 26.3 Å². The fourth-order valence-corrected chi connectivity index (χ4v) is 2.44. The summed E-state index contributed by atoms with van der Waals surface area (Å²) in [5.41, 5.74) is 1.87. The second-order valence-electron chi connectivity index (χ2n) is 5.50. The number of alkyl halides is 2. The van der Waals surface area contributed by atoms with Crippen molar-refractivity contribution < 1.29 is 13.6 Å². The van der Waals surface area contributed by atoms with E-state index in [9.17, 15) is 13.6 Å². The third-order valence-corrected chi connectivity index (χ3v) is 3.69. The second kappa shape index (κ2) is 8.03. The summed E-state index contributed by atoms with van der Waals surface area (Å²) in [5.74, 6) is 0. The van der Waals surface area contributed by atoms with Gasteiger partial charge in [-0.3, -0.25) is 9.88 Å². The lowest BCUT2D eigenvalue weighted by molar-refractivity contribution is 0.0904. The normalized spacial score (nSPS) is 16.6. The molecule has 22 heavy (non-hydrogen) atoms. The predicted octanol–water partition coefficient (Wildman–Crippen LogP) is 1.87. The van der Waals surface area contributed by atoms with Gasteiger partial charge in [0.15, 0.2) is 0 Å². The van der Waals surface area contributed by atoms with Crippen molar-refractivity contribution in [3.63, 3.8) is 0 Å². The maximum atomic E-state index is 12.4. The summed E-state index contributed by atoms with van der Waals surface area (Å²) >= 11 is 0. The highest BCUT2D eigenvalue weighted by Gasteiger charge is 2.20. The molecule has 5 nitrogen and oxygen atoms in total. The van der Waals surface area contributed by atoms with Gasteiger partial charge in [-0.05, 0) is 25.0 Å². The van der Waals surface area contributed by atoms with Crippen LogP contribution in [0.3, 0.4) is 0 Å². The van der Waals surface area contributed by atoms with Crippen molar-refractivity contribution >= 4 is 6.03 Å². The Morgan fingerprint density at radius 2 is 2.14 bits per heavy atom. The van der Waals surface area contributed by atoms with Gasteiger partial charge >= 0.3 is 6.03 Å². The molecule has 7 heteroatoms. The number of pyridine rings is 1. The highest BCUT2D eigenvalue weighted by atomic mass is 19.3. The summed E-state index contributed by atoms with van der Waals surface area (Å²) in [4.78, 5) is 19.7. The minimum atomic E-state index is -2.32. The van der Waals surface area contributed by atoms with Crippen LogP contribution in [-0.4, -0.2) is 60.0 Å². The van der Waals surface area contributed by atoms with Gasteiger partial charge in [0.05, 0.1) is 6.54 Å². The van der Waals surface area contributed by atoms with Gasteiger partial charge in [-0.25, -0.2) is 13.6 Å². The zero-order chi connectivity index (χ0) is 15.9. The van der Waals surface area contributed by atoms with Gasteiger partial charge in [0.1, 0.15) is 0 Å². The lowest BCUT2D eigenvalue weighted by Crippen LogP contribution is -2.42. The molecule has 0 saturated carbocycles. The number of urea groups is 1. The molecule has 1 aliphatic rings. The molecule has 0 unspecified atom stereocenters. The summed E-state index contributed by atoms with van der Waals surface area (Å²) in [6.07, 6.45) is 0.128. The van der Waals surface area contributed by atoms with Crippen LogP contribution in [0.2, 0.25) is 0 Å². The van der Waals surface area contributed by atoms with E-state index < -0.39 is 6.43 Å². The van der Waals surface area contributed by atoms with E-state index in [2.05, 4.69) is 10.3 Å². The van der Waals surface area contributed by atoms with E-state index in [0.717, 1.165) is 11.3 Å². The molecular formula is C15H22F2N4O. The summed E-state index contributed by atoms with van der Waals surface area (Å²) in [5, 5.41) is 2.85. The molecule has 2 amide bonds. The van der Waals surface area contributed by atoms with Crippen molar-refractivity contribution in [2.75, 3.05) is 32.7 Å². The largest absolute Gasteiger partial charge is 0.334 e. The van der Waals surface area contributed by atoms with E-state index in [1.807, 2.05) is 19.1 Å². The van der Waals surface area contributed by atoms with Crippen molar-refractivity contribution in [1.29, 1.82) is 0 Å². The van der Waals surface area contributed by atoms with Crippen molar-refractivity contribution in [1.82, 2.24) is 20.1 Å². The van der Waals surface area contributed by atoms with Crippen LogP contribution in [-0.2, 0) is 6.54 Å². The average molecular weight is 312 g/mol. The van der Waals surface area contributed by atoms with Crippen molar-refractivity contribution in [3.05, 3.63) is 29.6 Å². The molecule has 0 atom stereocenters. The van der Waals surface area contributed by atoms with E-state index in [1.54, 1.807) is 16.0 Å². The van der Waals surface area contributed by atoms with Crippen LogP contribution in [0.5, 0.6) is 0 Å². The number of carbonyl (C=O) groups excluding carboxylic acids is 1. The molecule has 1 aromatic heterocycles. The average Bonchev–Trinajstić information content (AvgIpc) is 2.71. The number of hydrogen-bond donors (Lipinski definition) is 1. The zero-order valence-electron chi connectivity index (χ0n) is 12.8. The molecule has 0 radical (unpaired) electrons.